The van der Waals surface area contributed by atoms with E-state index < -0.39 is 11.9 Å². The number of benzene rings is 2. The molecule has 2 aromatic carbocycles. The minimum Gasteiger partial charge on any atom is -0.494 e. The highest BCUT2D eigenvalue weighted by Gasteiger charge is 2.13. The maximum absolute atomic E-state index is 12.2. The van der Waals surface area contributed by atoms with E-state index in [9.17, 15) is 14.4 Å². The van der Waals surface area contributed by atoms with Crippen molar-refractivity contribution >= 4 is 23.3 Å². The number of Topliss-reactive ketones (excluding diaryl/α,β-unsaturated/α-hetero) is 1. The first-order chi connectivity index (χ1) is 14.1. The highest BCUT2D eigenvalue weighted by atomic mass is 16.5. The standard InChI is InChI=1S/C22H19NO6/c1-2-27-18-11-7-15(8-12-18)19(24)14-29-22(26)16-5-9-17(10-6-16)23-21(25)20-4-3-13-28-20/h3-13H,2,14H2,1H3,(H,23,25). The fraction of sp³-hybridized carbons (Fsp3) is 0.136. The van der Waals surface area contributed by atoms with Crippen LogP contribution in [0.15, 0.2) is 71.3 Å². The molecule has 7 nitrogen and oxygen atoms in total. The average molecular weight is 393 g/mol. The van der Waals surface area contributed by atoms with Crippen LogP contribution < -0.4 is 10.1 Å². The van der Waals surface area contributed by atoms with Gasteiger partial charge < -0.3 is 19.2 Å². The third-order valence-corrected chi connectivity index (χ3v) is 3.95. The molecule has 0 bridgehead atoms. The summed E-state index contributed by atoms with van der Waals surface area (Å²) in [5, 5.41) is 2.65. The van der Waals surface area contributed by atoms with E-state index in [0.717, 1.165) is 0 Å². The number of nitrogens with one attached hydrogen (secondary N) is 1. The second kappa shape index (κ2) is 9.36. The SMILES string of the molecule is CCOc1ccc(C(=O)COC(=O)c2ccc(NC(=O)c3ccco3)cc2)cc1. The molecule has 0 aliphatic rings. The van der Waals surface area contributed by atoms with Gasteiger partial charge in [-0.2, -0.15) is 0 Å². The van der Waals surface area contributed by atoms with E-state index in [-0.39, 0.29) is 23.7 Å². The molecule has 29 heavy (non-hydrogen) atoms. The fourth-order valence-electron chi connectivity index (χ4n) is 2.49. The first kappa shape index (κ1) is 19.9. The van der Waals surface area contributed by atoms with Crippen molar-refractivity contribution in [2.24, 2.45) is 0 Å². The van der Waals surface area contributed by atoms with Crippen LogP contribution in [-0.4, -0.2) is 30.9 Å². The maximum Gasteiger partial charge on any atom is 0.338 e. The summed E-state index contributed by atoms with van der Waals surface area (Å²) in [5.74, 6) is -0.496. The molecule has 0 fully saturated rings. The monoisotopic (exact) mass is 393 g/mol. The van der Waals surface area contributed by atoms with Crippen molar-refractivity contribution in [1.29, 1.82) is 0 Å². The molecule has 0 radical (unpaired) electrons. The number of carbonyl (C=O) groups is 3. The van der Waals surface area contributed by atoms with Crippen molar-refractivity contribution in [3.8, 4) is 5.75 Å². The molecule has 0 saturated heterocycles. The van der Waals surface area contributed by atoms with Gasteiger partial charge in [0, 0.05) is 11.3 Å². The van der Waals surface area contributed by atoms with Gasteiger partial charge in [-0.25, -0.2) is 4.79 Å². The second-order valence-electron chi connectivity index (χ2n) is 5.97. The van der Waals surface area contributed by atoms with E-state index in [2.05, 4.69) is 5.32 Å². The molecule has 1 aromatic heterocycles. The Hall–Kier alpha value is -3.87. The molecule has 0 unspecified atom stereocenters. The van der Waals surface area contributed by atoms with Gasteiger partial charge in [0.1, 0.15) is 5.75 Å². The number of hydrogen-bond acceptors (Lipinski definition) is 6. The normalized spacial score (nSPS) is 10.2. The zero-order valence-corrected chi connectivity index (χ0v) is 15.7. The lowest BCUT2D eigenvalue weighted by Gasteiger charge is -2.07. The molecule has 0 spiro atoms. The summed E-state index contributed by atoms with van der Waals surface area (Å²) < 4.78 is 15.4. The Morgan fingerprint density at radius 2 is 1.62 bits per heavy atom. The van der Waals surface area contributed by atoms with Crippen LogP contribution in [0.1, 0.15) is 38.2 Å². The van der Waals surface area contributed by atoms with Gasteiger partial charge in [0.25, 0.3) is 5.91 Å². The lowest BCUT2D eigenvalue weighted by molar-refractivity contribution is 0.0474. The number of ether oxygens (including phenoxy) is 2. The number of furan rings is 1. The summed E-state index contributed by atoms with van der Waals surface area (Å²) >= 11 is 0. The Morgan fingerprint density at radius 1 is 0.931 bits per heavy atom. The summed E-state index contributed by atoms with van der Waals surface area (Å²) in [6, 6.07) is 15.9. The predicted molar refractivity (Wildman–Crippen MR) is 105 cm³/mol. The summed E-state index contributed by atoms with van der Waals surface area (Å²) in [6.07, 6.45) is 1.41. The van der Waals surface area contributed by atoms with Gasteiger partial charge in [-0.3, -0.25) is 9.59 Å². The van der Waals surface area contributed by atoms with Gasteiger partial charge in [-0.1, -0.05) is 0 Å². The van der Waals surface area contributed by atoms with Crippen LogP contribution in [0.5, 0.6) is 5.75 Å². The van der Waals surface area contributed by atoms with Crippen LogP contribution >= 0.6 is 0 Å². The minimum atomic E-state index is -0.631. The van der Waals surface area contributed by atoms with Crippen molar-refractivity contribution in [1.82, 2.24) is 0 Å². The molecule has 1 N–H and O–H groups in total. The summed E-state index contributed by atoms with van der Waals surface area (Å²) in [4.78, 5) is 36.2. The molecule has 3 rings (SSSR count). The molecule has 0 atom stereocenters. The summed E-state index contributed by atoms with van der Waals surface area (Å²) in [6.45, 7) is 2.04. The van der Waals surface area contributed by atoms with Crippen molar-refractivity contribution in [3.63, 3.8) is 0 Å². The number of amides is 1. The number of carbonyl (C=O) groups excluding carboxylic acids is 3. The van der Waals surface area contributed by atoms with Crippen LogP contribution in [0.25, 0.3) is 0 Å². The molecule has 1 heterocycles. The predicted octanol–water partition coefficient (Wildman–Crippen LogP) is 3.97. The molecule has 0 aliphatic carbocycles. The number of rotatable bonds is 8. The van der Waals surface area contributed by atoms with Gasteiger partial charge in [0.15, 0.2) is 18.2 Å². The van der Waals surface area contributed by atoms with Crippen LogP contribution in [-0.2, 0) is 4.74 Å². The Kier molecular flexibility index (Phi) is 6.42. The van der Waals surface area contributed by atoms with E-state index >= 15 is 0 Å². The lowest BCUT2D eigenvalue weighted by atomic mass is 10.1. The molecule has 0 aliphatic heterocycles. The van der Waals surface area contributed by atoms with Crippen molar-refractivity contribution in [3.05, 3.63) is 83.8 Å². The maximum atomic E-state index is 12.2. The van der Waals surface area contributed by atoms with E-state index in [1.807, 2.05) is 6.92 Å². The Balaban J connectivity index is 1.52. The van der Waals surface area contributed by atoms with Crippen LogP contribution in [0.3, 0.4) is 0 Å². The molecule has 3 aromatic rings. The average Bonchev–Trinajstić information content (AvgIpc) is 3.28. The Morgan fingerprint density at radius 3 is 2.24 bits per heavy atom. The highest BCUT2D eigenvalue weighted by Crippen LogP contribution is 2.14. The van der Waals surface area contributed by atoms with Gasteiger partial charge in [0.05, 0.1) is 18.4 Å². The zero-order valence-electron chi connectivity index (χ0n) is 15.7. The fourth-order valence-corrected chi connectivity index (χ4v) is 2.49. The molecule has 0 saturated carbocycles. The molecule has 148 valence electrons. The number of anilines is 1. The topological polar surface area (TPSA) is 94.8 Å². The number of hydrogen-bond donors (Lipinski definition) is 1. The van der Waals surface area contributed by atoms with Crippen LogP contribution in [0.2, 0.25) is 0 Å². The van der Waals surface area contributed by atoms with Crippen molar-refractivity contribution < 1.29 is 28.3 Å². The molecule has 1 amide bonds. The lowest BCUT2D eigenvalue weighted by Crippen LogP contribution is -2.14. The molecular formula is C22H19NO6. The van der Waals surface area contributed by atoms with Gasteiger partial charge in [-0.15, -0.1) is 0 Å². The first-order valence-corrected chi connectivity index (χ1v) is 8.95. The largest absolute Gasteiger partial charge is 0.494 e. The molecule has 7 heteroatoms. The summed E-state index contributed by atoms with van der Waals surface area (Å²) in [7, 11) is 0. The third kappa shape index (κ3) is 5.32. The second-order valence-corrected chi connectivity index (χ2v) is 5.97. The third-order valence-electron chi connectivity index (χ3n) is 3.95. The van der Waals surface area contributed by atoms with Gasteiger partial charge in [0.2, 0.25) is 0 Å². The number of ketones is 1. The highest BCUT2D eigenvalue weighted by molar-refractivity contribution is 6.02. The quantitative estimate of drug-likeness (QED) is 0.460. The first-order valence-electron chi connectivity index (χ1n) is 8.95. The van der Waals surface area contributed by atoms with Crippen LogP contribution in [0, 0.1) is 0 Å². The van der Waals surface area contributed by atoms with E-state index in [1.165, 1.54) is 18.4 Å². The molecular weight excluding hydrogens is 374 g/mol. The van der Waals surface area contributed by atoms with E-state index in [4.69, 9.17) is 13.9 Å². The van der Waals surface area contributed by atoms with Crippen molar-refractivity contribution in [2.75, 3.05) is 18.5 Å². The van der Waals surface area contributed by atoms with E-state index in [0.29, 0.717) is 23.6 Å². The van der Waals surface area contributed by atoms with Crippen molar-refractivity contribution in [2.45, 2.75) is 6.92 Å². The van der Waals surface area contributed by atoms with E-state index in [1.54, 1.807) is 48.5 Å². The summed E-state index contributed by atoms with van der Waals surface area (Å²) in [5.41, 5.74) is 1.19. The Labute approximate surface area is 167 Å². The smallest absolute Gasteiger partial charge is 0.338 e. The zero-order chi connectivity index (χ0) is 20.6. The number of esters is 1. The van der Waals surface area contributed by atoms with Gasteiger partial charge >= 0.3 is 5.97 Å². The van der Waals surface area contributed by atoms with Gasteiger partial charge in [-0.05, 0) is 67.6 Å². The Bertz CT molecular complexity index is 975. The minimum absolute atomic E-state index is 0.182. The van der Waals surface area contributed by atoms with Crippen LogP contribution in [0.4, 0.5) is 5.69 Å².